The largest absolute Gasteiger partial charge is 0.493 e. The molecule has 3 aromatic rings. The van der Waals surface area contributed by atoms with Crippen LogP contribution in [0.4, 0.5) is 5.69 Å². The van der Waals surface area contributed by atoms with E-state index < -0.39 is 23.7 Å². The fraction of sp³-hybridized carbons (Fsp3) is 0.0833. The van der Waals surface area contributed by atoms with Crippen molar-refractivity contribution in [2.24, 2.45) is 0 Å². The SMILES string of the molecule is COc1cc(C(=O)Nc2cccc(C(=O)NNC(=O)c3ccc(Cl)cc3)c2)ccc1OC(C)=O. The Hall–Kier alpha value is -4.37. The lowest BCUT2D eigenvalue weighted by Gasteiger charge is -2.11. The van der Waals surface area contributed by atoms with Gasteiger partial charge >= 0.3 is 5.97 Å². The number of carbonyl (C=O) groups is 4. The third-order valence-electron chi connectivity index (χ3n) is 4.46. The molecule has 0 unspecified atom stereocenters. The molecule has 9 nitrogen and oxygen atoms in total. The molecule has 0 radical (unpaired) electrons. The predicted octanol–water partition coefficient (Wildman–Crippen LogP) is 3.60. The average Bonchev–Trinajstić information content (AvgIpc) is 2.82. The average molecular weight is 482 g/mol. The van der Waals surface area contributed by atoms with E-state index in [0.29, 0.717) is 16.3 Å². The van der Waals surface area contributed by atoms with Crippen molar-refractivity contribution in [3.63, 3.8) is 0 Å². The number of nitrogens with one attached hydrogen (secondary N) is 3. The quantitative estimate of drug-likeness (QED) is 0.281. The van der Waals surface area contributed by atoms with Gasteiger partial charge in [0.2, 0.25) is 0 Å². The summed E-state index contributed by atoms with van der Waals surface area (Å²) in [5.74, 6) is -1.68. The number of methoxy groups -OCH3 is 1. The summed E-state index contributed by atoms with van der Waals surface area (Å²) in [6.45, 7) is 1.26. The van der Waals surface area contributed by atoms with E-state index in [0.717, 1.165) is 0 Å². The van der Waals surface area contributed by atoms with Crippen molar-refractivity contribution in [2.75, 3.05) is 12.4 Å². The standard InChI is InChI=1S/C24H20ClN3O6/c1-14(29)34-20-11-8-17(13-21(20)33-2)22(30)26-19-5-3-4-16(12-19)24(32)28-27-23(31)15-6-9-18(25)10-7-15/h3-13H,1-2H3,(H,26,30)(H,27,31)(H,28,32). The fourth-order valence-electron chi connectivity index (χ4n) is 2.85. The number of amides is 3. The summed E-state index contributed by atoms with van der Waals surface area (Å²) >= 11 is 5.80. The van der Waals surface area contributed by atoms with Gasteiger partial charge in [0.1, 0.15) is 0 Å². The molecule has 0 aliphatic carbocycles. The molecule has 0 spiro atoms. The molecular formula is C24H20ClN3O6. The summed E-state index contributed by atoms with van der Waals surface area (Å²) in [5.41, 5.74) is 5.76. The summed E-state index contributed by atoms with van der Waals surface area (Å²) in [7, 11) is 1.39. The maximum Gasteiger partial charge on any atom is 0.308 e. The fourth-order valence-corrected chi connectivity index (χ4v) is 2.97. The minimum Gasteiger partial charge on any atom is -0.493 e. The number of anilines is 1. The molecule has 3 aromatic carbocycles. The summed E-state index contributed by atoms with van der Waals surface area (Å²) < 4.78 is 10.2. The first kappa shape index (κ1) is 24.3. The maximum atomic E-state index is 12.7. The molecule has 3 amide bonds. The van der Waals surface area contributed by atoms with Crippen LogP contribution < -0.4 is 25.6 Å². The van der Waals surface area contributed by atoms with E-state index in [9.17, 15) is 19.2 Å². The molecular weight excluding hydrogens is 462 g/mol. The summed E-state index contributed by atoms with van der Waals surface area (Å²) in [4.78, 5) is 48.4. The number of hydrogen-bond donors (Lipinski definition) is 3. The van der Waals surface area contributed by atoms with Crippen molar-refractivity contribution >= 4 is 41.0 Å². The number of esters is 1. The lowest BCUT2D eigenvalue weighted by Crippen LogP contribution is -2.41. The minimum absolute atomic E-state index is 0.186. The molecule has 0 saturated heterocycles. The van der Waals surface area contributed by atoms with Crippen LogP contribution in [0.15, 0.2) is 66.7 Å². The van der Waals surface area contributed by atoms with Crippen molar-refractivity contribution in [3.8, 4) is 11.5 Å². The second-order valence-corrected chi connectivity index (χ2v) is 7.35. The highest BCUT2D eigenvalue weighted by molar-refractivity contribution is 6.30. The lowest BCUT2D eigenvalue weighted by molar-refractivity contribution is -0.132. The van der Waals surface area contributed by atoms with Crippen LogP contribution in [0, 0.1) is 0 Å². The first-order valence-electron chi connectivity index (χ1n) is 9.91. The Morgan fingerprint density at radius 3 is 2.00 bits per heavy atom. The number of benzene rings is 3. The van der Waals surface area contributed by atoms with Crippen LogP contribution in [0.2, 0.25) is 5.02 Å². The molecule has 3 N–H and O–H groups in total. The van der Waals surface area contributed by atoms with E-state index in [1.165, 1.54) is 56.5 Å². The lowest BCUT2D eigenvalue weighted by atomic mass is 10.1. The monoisotopic (exact) mass is 481 g/mol. The normalized spacial score (nSPS) is 10.1. The van der Waals surface area contributed by atoms with Crippen molar-refractivity contribution in [1.29, 1.82) is 0 Å². The van der Waals surface area contributed by atoms with Crippen molar-refractivity contribution < 1.29 is 28.7 Å². The number of rotatable bonds is 6. The van der Waals surface area contributed by atoms with E-state index in [1.807, 2.05) is 0 Å². The van der Waals surface area contributed by atoms with Gasteiger partial charge < -0.3 is 14.8 Å². The van der Waals surface area contributed by atoms with Crippen LogP contribution >= 0.6 is 11.6 Å². The summed E-state index contributed by atoms with van der Waals surface area (Å²) in [5, 5.41) is 3.16. The number of hydrogen-bond acceptors (Lipinski definition) is 6. The Morgan fingerprint density at radius 2 is 1.35 bits per heavy atom. The zero-order chi connectivity index (χ0) is 24.7. The highest BCUT2D eigenvalue weighted by atomic mass is 35.5. The van der Waals surface area contributed by atoms with Crippen LogP contribution in [0.3, 0.4) is 0 Å². The molecule has 0 fully saturated rings. The van der Waals surface area contributed by atoms with Gasteiger partial charge in [-0.2, -0.15) is 0 Å². The van der Waals surface area contributed by atoms with E-state index in [2.05, 4.69) is 16.2 Å². The molecule has 174 valence electrons. The minimum atomic E-state index is -0.578. The molecule has 0 saturated carbocycles. The number of halogens is 1. The van der Waals surface area contributed by atoms with Gasteiger partial charge in [0.15, 0.2) is 11.5 Å². The molecule has 10 heteroatoms. The zero-order valence-electron chi connectivity index (χ0n) is 18.2. The molecule has 0 heterocycles. The number of carbonyl (C=O) groups excluding carboxylic acids is 4. The molecule has 0 aliphatic heterocycles. The molecule has 0 bridgehead atoms. The van der Waals surface area contributed by atoms with Crippen molar-refractivity contribution in [2.45, 2.75) is 6.92 Å². The van der Waals surface area contributed by atoms with Gasteiger partial charge in [0.05, 0.1) is 7.11 Å². The Labute approximate surface area is 200 Å². The van der Waals surface area contributed by atoms with E-state index in [1.54, 1.807) is 24.3 Å². The van der Waals surface area contributed by atoms with Crippen LogP contribution in [-0.2, 0) is 4.79 Å². The van der Waals surface area contributed by atoms with Gasteiger partial charge in [0, 0.05) is 34.3 Å². The molecule has 0 aliphatic rings. The van der Waals surface area contributed by atoms with Gasteiger partial charge in [-0.25, -0.2) is 0 Å². The first-order chi connectivity index (χ1) is 16.3. The van der Waals surface area contributed by atoms with Crippen LogP contribution in [-0.4, -0.2) is 30.8 Å². The third kappa shape index (κ3) is 6.33. The van der Waals surface area contributed by atoms with Gasteiger partial charge in [-0.05, 0) is 60.7 Å². The molecule has 0 atom stereocenters. The predicted molar refractivity (Wildman–Crippen MR) is 125 cm³/mol. The smallest absolute Gasteiger partial charge is 0.308 e. The molecule has 34 heavy (non-hydrogen) atoms. The summed E-state index contributed by atoms with van der Waals surface area (Å²) in [6, 6.07) is 16.7. The van der Waals surface area contributed by atoms with Gasteiger partial charge in [-0.15, -0.1) is 0 Å². The summed E-state index contributed by atoms with van der Waals surface area (Å²) in [6.07, 6.45) is 0. The maximum absolute atomic E-state index is 12.7. The third-order valence-corrected chi connectivity index (χ3v) is 4.71. The zero-order valence-corrected chi connectivity index (χ0v) is 18.9. The molecule has 3 rings (SSSR count). The molecule has 0 aromatic heterocycles. The first-order valence-corrected chi connectivity index (χ1v) is 10.3. The van der Waals surface area contributed by atoms with E-state index in [-0.39, 0.29) is 22.6 Å². The highest BCUT2D eigenvalue weighted by Crippen LogP contribution is 2.28. The Morgan fingerprint density at radius 1 is 0.735 bits per heavy atom. The van der Waals surface area contributed by atoms with Crippen molar-refractivity contribution in [1.82, 2.24) is 10.9 Å². The van der Waals surface area contributed by atoms with Crippen LogP contribution in [0.1, 0.15) is 38.0 Å². The van der Waals surface area contributed by atoms with E-state index >= 15 is 0 Å². The van der Waals surface area contributed by atoms with Crippen molar-refractivity contribution in [3.05, 3.63) is 88.4 Å². The Bertz CT molecular complexity index is 1240. The number of ether oxygens (including phenoxy) is 2. The Balaban J connectivity index is 1.65. The topological polar surface area (TPSA) is 123 Å². The van der Waals surface area contributed by atoms with Crippen LogP contribution in [0.25, 0.3) is 0 Å². The highest BCUT2D eigenvalue weighted by Gasteiger charge is 2.14. The van der Waals surface area contributed by atoms with Crippen LogP contribution in [0.5, 0.6) is 11.5 Å². The second-order valence-electron chi connectivity index (χ2n) is 6.91. The van der Waals surface area contributed by atoms with Gasteiger partial charge in [-0.1, -0.05) is 17.7 Å². The second kappa shape index (κ2) is 11.0. The Kier molecular flexibility index (Phi) is 7.83. The van der Waals surface area contributed by atoms with E-state index in [4.69, 9.17) is 21.1 Å². The van der Waals surface area contributed by atoms with Gasteiger partial charge in [-0.3, -0.25) is 30.0 Å². The number of hydrazine groups is 1. The van der Waals surface area contributed by atoms with Gasteiger partial charge in [0.25, 0.3) is 17.7 Å².